The zero-order valence-corrected chi connectivity index (χ0v) is 14.5. The van der Waals surface area contributed by atoms with Crippen LogP contribution in [-0.4, -0.2) is 58.6 Å². The Morgan fingerprint density at radius 3 is 1.20 bits per heavy atom. The van der Waals surface area contributed by atoms with Gasteiger partial charge in [-0.15, -0.1) is 0 Å². The van der Waals surface area contributed by atoms with E-state index in [0.29, 0.717) is 0 Å². The van der Waals surface area contributed by atoms with Crippen LogP contribution in [0.25, 0.3) is 0 Å². The maximum absolute atomic E-state index is 2.66. The van der Waals surface area contributed by atoms with Crippen LogP contribution in [0.4, 0.5) is 0 Å². The van der Waals surface area contributed by atoms with E-state index in [0.717, 1.165) is 34.7 Å². The highest BCUT2D eigenvalue weighted by Gasteiger charge is 2.41. The zero-order chi connectivity index (χ0) is 13.7. The van der Waals surface area contributed by atoms with E-state index < -0.39 is 0 Å². The minimum Gasteiger partial charge on any atom is -0.300 e. The van der Waals surface area contributed by atoms with E-state index in [1.54, 1.807) is 0 Å². The van der Waals surface area contributed by atoms with Gasteiger partial charge in [0.25, 0.3) is 0 Å². The molecule has 0 aromatic heterocycles. The molecule has 0 spiro atoms. The average molecular weight is 313 g/mol. The minimum absolute atomic E-state index is 0.903. The molecule has 4 heterocycles. The van der Waals surface area contributed by atoms with Gasteiger partial charge in [0, 0.05) is 34.7 Å². The fourth-order valence-corrected chi connectivity index (χ4v) is 8.44. The molecule has 0 saturated carbocycles. The van der Waals surface area contributed by atoms with Crippen molar-refractivity contribution >= 4 is 21.6 Å². The van der Waals surface area contributed by atoms with Crippen molar-refractivity contribution in [2.45, 2.75) is 86.0 Å². The summed E-state index contributed by atoms with van der Waals surface area (Å²) in [5.41, 5.74) is 0. The minimum atomic E-state index is 0.903. The third kappa shape index (κ3) is 2.55. The third-order valence-electron chi connectivity index (χ3n) is 6.44. The molecule has 0 aromatic carbocycles. The lowest BCUT2D eigenvalue weighted by Crippen LogP contribution is -2.41. The van der Waals surface area contributed by atoms with Gasteiger partial charge < -0.3 is 9.80 Å². The predicted molar refractivity (Wildman–Crippen MR) is 90.4 cm³/mol. The molecule has 4 aliphatic rings. The Balaban J connectivity index is 1.27. The van der Waals surface area contributed by atoms with Crippen LogP contribution in [0, 0.1) is 0 Å². The molecule has 0 amide bonds. The quantitative estimate of drug-likeness (QED) is 0.734. The molecule has 0 N–H and O–H groups in total. The molecule has 2 nitrogen and oxygen atoms in total. The van der Waals surface area contributed by atoms with Crippen LogP contribution in [0.15, 0.2) is 0 Å². The number of piperidine rings is 2. The van der Waals surface area contributed by atoms with Gasteiger partial charge in [-0.25, -0.2) is 0 Å². The Morgan fingerprint density at radius 1 is 0.600 bits per heavy atom. The lowest BCUT2D eigenvalue weighted by Gasteiger charge is -2.38. The van der Waals surface area contributed by atoms with Gasteiger partial charge in [-0.2, -0.15) is 0 Å². The Labute approximate surface area is 131 Å². The maximum atomic E-state index is 2.66. The van der Waals surface area contributed by atoms with Gasteiger partial charge in [0.2, 0.25) is 0 Å². The van der Waals surface area contributed by atoms with Crippen LogP contribution in [0.1, 0.15) is 51.4 Å². The van der Waals surface area contributed by atoms with Gasteiger partial charge in [-0.3, -0.25) is 0 Å². The Morgan fingerprint density at radius 2 is 0.900 bits per heavy atom. The van der Waals surface area contributed by atoms with Crippen LogP contribution in [0.3, 0.4) is 0 Å². The second-order valence-corrected chi connectivity index (χ2v) is 10.4. The summed E-state index contributed by atoms with van der Waals surface area (Å²) >= 11 is 0. The zero-order valence-electron chi connectivity index (χ0n) is 12.8. The molecule has 0 aliphatic carbocycles. The average Bonchev–Trinajstić information content (AvgIpc) is 2.80. The molecular weight excluding hydrogens is 284 g/mol. The molecule has 4 unspecified atom stereocenters. The standard InChI is InChI=1S/C16H28N2S2/c1-17-11-3-4-12(17)8-15(7-11)19-20-16-9-13-5-6-14(10-16)18(13)2/h11-16H,3-10H2,1-2H3. The molecule has 4 atom stereocenters. The van der Waals surface area contributed by atoms with Gasteiger partial charge in [-0.05, 0) is 65.5 Å². The van der Waals surface area contributed by atoms with Crippen LogP contribution in [0.5, 0.6) is 0 Å². The van der Waals surface area contributed by atoms with E-state index in [4.69, 9.17) is 0 Å². The van der Waals surface area contributed by atoms with Crippen LogP contribution in [-0.2, 0) is 0 Å². The summed E-state index contributed by atoms with van der Waals surface area (Å²) in [6, 6.07) is 3.61. The Kier molecular flexibility index (Phi) is 4.04. The molecule has 4 aliphatic heterocycles. The number of nitrogens with zero attached hydrogens (tertiary/aromatic N) is 2. The van der Waals surface area contributed by atoms with Crippen molar-refractivity contribution in [2.24, 2.45) is 0 Å². The number of hydrogen-bond donors (Lipinski definition) is 0. The van der Waals surface area contributed by atoms with Crippen LogP contribution >= 0.6 is 21.6 Å². The van der Waals surface area contributed by atoms with Crippen molar-refractivity contribution in [3.8, 4) is 0 Å². The van der Waals surface area contributed by atoms with Crippen molar-refractivity contribution in [2.75, 3.05) is 14.1 Å². The lowest BCUT2D eigenvalue weighted by molar-refractivity contribution is 0.182. The SMILES string of the molecule is CN1C2CCC1CC(SSC1CC3CCC(C1)N3C)C2. The van der Waals surface area contributed by atoms with Crippen molar-refractivity contribution in [3.05, 3.63) is 0 Å². The molecule has 4 bridgehead atoms. The maximum Gasteiger partial charge on any atom is 0.0181 e. The van der Waals surface area contributed by atoms with Gasteiger partial charge in [0.05, 0.1) is 0 Å². The number of fused-ring (bicyclic) bond motifs is 4. The van der Waals surface area contributed by atoms with Crippen molar-refractivity contribution in [1.29, 1.82) is 0 Å². The molecule has 0 aromatic rings. The molecule has 4 heteroatoms. The fourth-order valence-electron chi connectivity index (χ4n) is 5.04. The highest BCUT2D eigenvalue weighted by molar-refractivity contribution is 8.77. The van der Waals surface area contributed by atoms with Crippen molar-refractivity contribution in [3.63, 3.8) is 0 Å². The molecular formula is C16H28N2S2. The van der Waals surface area contributed by atoms with Crippen LogP contribution < -0.4 is 0 Å². The van der Waals surface area contributed by atoms with E-state index in [-0.39, 0.29) is 0 Å². The molecule has 4 fully saturated rings. The highest BCUT2D eigenvalue weighted by atomic mass is 33.1. The summed E-state index contributed by atoms with van der Waals surface area (Å²) in [7, 11) is 9.22. The van der Waals surface area contributed by atoms with Gasteiger partial charge in [-0.1, -0.05) is 21.6 Å². The normalized spacial score (nSPS) is 48.9. The fraction of sp³-hybridized carbons (Fsp3) is 1.00. The molecule has 4 saturated heterocycles. The van der Waals surface area contributed by atoms with Gasteiger partial charge in [0.1, 0.15) is 0 Å². The van der Waals surface area contributed by atoms with E-state index in [2.05, 4.69) is 45.5 Å². The number of hydrogen-bond acceptors (Lipinski definition) is 4. The topological polar surface area (TPSA) is 6.48 Å². The van der Waals surface area contributed by atoms with Crippen molar-refractivity contribution in [1.82, 2.24) is 9.80 Å². The first-order valence-corrected chi connectivity index (χ1v) is 10.7. The largest absolute Gasteiger partial charge is 0.300 e. The monoisotopic (exact) mass is 312 g/mol. The summed E-state index contributed by atoms with van der Waals surface area (Å²) in [6.45, 7) is 0. The molecule has 0 radical (unpaired) electrons. The smallest absolute Gasteiger partial charge is 0.0181 e. The lowest BCUT2D eigenvalue weighted by atomic mass is 10.0. The van der Waals surface area contributed by atoms with Gasteiger partial charge in [0.15, 0.2) is 0 Å². The molecule has 114 valence electrons. The predicted octanol–water partition coefficient (Wildman–Crippen LogP) is 3.62. The Bertz CT molecular complexity index is 302. The van der Waals surface area contributed by atoms with E-state index in [1.807, 2.05) is 0 Å². The second-order valence-electron chi connectivity index (χ2n) is 7.48. The summed E-state index contributed by atoms with van der Waals surface area (Å²) < 4.78 is 0. The number of rotatable bonds is 3. The third-order valence-corrected chi connectivity index (χ3v) is 9.83. The van der Waals surface area contributed by atoms with Crippen LogP contribution in [0.2, 0.25) is 0 Å². The summed E-state index contributed by atoms with van der Waals surface area (Å²) in [6.07, 6.45) is 11.6. The second kappa shape index (κ2) is 5.68. The van der Waals surface area contributed by atoms with E-state index in [1.165, 1.54) is 51.4 Å². The summed E-state index contributed by atoms with van der Waals surface area (Å²) in [4.78, 5) is 5.33. The summed E-state index contributed by atoms with van der Waals surface area (Å²) in [5, 5.41) is 1.87. The first-order valence-electron chi connectivity index (χ1n) is 8.46. The highest BCUT2D eigenvalue weighted by Crippen LogP contribution is 2.48. The van der Waals surface area contributed by atoms with Crippen molar-refractivity contribution < 1.29 is 0 Å². The van der Waals surface area contributed by atoms with E-state index in [9.17, 15) is 0 Å². The summed E-state index contributed by atoms with van der Waals surface area (Å²) in [5.74, 6) is 0. The first kappa shape index (κ1) is 14.2. The van der Waals surface area contributed by atoms with Gasteiger partial charge >= 0.3 is 0 Å². The Hall–Kier alpha value is 0.620. The first-order chi connectivity index (χ1) is 9.70. The molecule has 20 heavy (non-hydrogen) atoms. The van der Waals surface area contributed by atoms with E-state index >= 15 is 0 Å². The molecule has 4 rings (SSSR count).